The van der Waals surface area contributed by atoms with Crippen molar-refractivity contribution in [3.63, 3.8) is 0 Å². The van der Waals surface area contributed by atoms with E-state index in [1.165, 1.54) is 0 Å². The average molecular weight is 433 g/mol. The Morgan fingerprint density at radius 3 is 2.92 bits per heavy atom. The van der Waals surface area contributed by atoms with Crippen LogP contribution >= 0.6 is 28.1 Å². The van der Waals surface area contributed by atoms with E-state index in [4.69, 9.17) is 26.2 Å². The first-order valence-corrected chi connectivity index (χ1v) is 8.90. The summed E-state index contributed by atoms with van der Waals surface area (Å²) in [6.45, 7) is 0.552. The number of hydrogen-bond acceptors (Lipinski definition) is 6. The van der Waals surface area contributed by atoms with Gasteiger partial charge in [-0.3, -0.25) is 0 Å². The number of thiocarbonyl (C=S) groups is 1. The van der Waals surface area contributed by atoms with Crippen LogP contribution < -0.4 is 20.1 Å². The van der Waals surface area contributed by atoms with Crippen molar-refractivity contribution in [3.8, 4) is 22.9 Å². The summed E-state index contributed by atoms with van der Waals surface area (Å²) in [5, 5.41) is 10.5. The molecule has 2 heterocycles. The van der Waals surface area contributed by atoms with Gasteiger partial charge in [0.2, 0.25) is 18.5 Å². The van der Waals surface area contributed by atoms with Crippen LogP contribution in [0.5, 0.6) is 11.5 Å². The van der Waals surface area contributed by atoms with Crippen molar-refractivity contribution >= 4 is 38.9 Å². The van der Waals surface area contributed by atoms with E-state index in [0.29, 0.717) is 29.1 Å². The van der Waals surface area contributed by atoms with E-state index in [1.54, 1.807) is 0 Å². The summed E-state index contributed by atoms with van der Waals surface area (Å²) in [7, 11) is 0. The van der Waals surface area contributed by atoms with E-state index in [2.05, 4.69) is 36.7 Å². The summed E-state index contributed by atoms with van der Waals surface area (Å²) in [6.07, 6.45) is 0. The Hall–Kier alpha value is -2.65. The summed E-state index contributed by atoms with van der Waals surface area (Å²) >= 11 is 8.72. The lowest BCUT2D eigenvalue weighted by molar-refractivity contribution is 0.174. The third-order valence-corrected chi connectivity index (χ3v) is 4.32. The molecule has 4 rings (SSSR count). The van der Waals surface area contributed by atoms with Crippen LogP contribution in [0.4, 0.5) is 5.69 Å². The number of fused-ring (bicyclic) bond motifs is 1. The average Bonchev–Trinajstić information content (AvgIpc) is 3.29. The number of anilines is 1. The molecule has 0 unspecified atom stereocenters. The Bertz CT molecular complexity index is 963. The lowest BCUT2D eigenvalue weighted by Gasteiger charge is -2.09. The fourth-order valence-corrected chi connectivity index (χ4v) is 2.97. The Labute approximate surface area is 162 Å². The smallest absolute Gasteiger partial charge is 0.246 e. The van der Waals surface area contributed by atoms with E-state index in [-0.39, 0.29) is 6.79 Å². The molecule has 7 nitrogen and oxygen atoms in total. The molecule has 0 bridgehead atoms. The van der Waals surface area contributed by atoms with Gasteiger partial charge in [-0.05, 0) is 36.5 Å². The molecule has 0 saturated carbocycles. The molecular weight excluding hydrogens is 420 g/mol. The Kier molecular flexibility index (Phi) is 4.72. The van der Waals surface area contributed by atoms with Crippen molar-refractivity contribution in [2.45, 2.75) is 6.54 Å². The molecule has 26 heavy (non-hydrogen) atoms. The van der Waals surface area contributed by atoms with Gasteiger partial charge in [-0.1, -0.05) is 33.2 Å². The standard InChI is InChI=1S/C17H13BrN4O3S/c18-11-3-1-2-10(6-11)16-21-15(25-22-16)8-19-17(26)20-12-4-5-13-14(7-12)24-9-23-13/h1-7H,8-9H2,(H2,19,20,26). The van der Waals surface area contributed by atoms with Crippen LogP contribution in [0.2, 0.25) is 0 Å². The highest BCUT2D eigenvalue weighted by Crippen LogP contribution is 2.34. The zero-order chi connectivity index (χ0) is 17.9. The second kappa shape index (κ2) is 7.30. The monoisotopic (exact) mass is 432 g/mol. The normalized spacial score (nSPS) is 12.0. The molecule has 2 aromatic carbocycles. The molecule has 0 radical (unpaired) electrons. The van der Waals surface area contributed by atoms with Gasteiger partial charge in [0, 0.05) is 21.8 Å². The lowest BCUT2D eigenvalue weighted by atomic mass is 10.2. The van der Waals surface area contributed by atoms with Crippen molar-refractivity contribution in [3.05, 3.63) is 52.8 Å². The molecule has 0 fully saturated rings. The predicted molar refractivity (Wildman–Crippen MR) is 103 cm³/mol. The maximum atomic E-state index is 5.34. The number of nitrogens with zero attached hydrogens (tertiary/aromatic N) is 2. The molecule has 2 N–H and O–H groups in total. The fraction of sp³-hybridized carbons (Fsp3) is 0.118. The zero-order valence-corrected chi connectivity index (χ0v) is 15.8. The number of benzene rings is 2. The summed E-state index contributed by atoms with van der Waals surface area (Å²) in [5.41, 5.74) is 1.67. The van der Waals surface area contributed by atoms with Crippen LogP contribution in [0.15, 0.2) is 51.5 Å². The third-order valence-electron chi connectivity index (χ3n) is 3.58. The largest absolute Gasteiger partial charge is 0.454 e. The predicted octanol–water partition coefficient (Wildman–Crippen LogP) is 3.71. The third kappa shape index (κ3) is 3.78. The summed E-state index contributed by atoms with van der Waals surface area (Å²) in [5.74, 6) is 2.38. The van der Waals surface area contributed by atoms with Crippen LogP contribution in [0.25, 0.3) is 11.4 Å². The van der Waals surface area contributed by atoms with E-state index in [0.717, 1.165) is 21.5 Å². The number of ether oxygens (including phenoxy) is 2. The second-order valence-corrected chi connectivity index (χ2v) is 6.72. The number of aromatic nitrogens is 2. The molecule has 132 valence electrons. The molecule has 9 heteroatoms. The molecule has 1 aliphatic heterocycles. The van der Waals surface area contributed by atoms with Gasteiger partial charge in [-0.25, -0.2) is 0 Å². The molecule has 0 spiro atoms. The van der Waals surface area contributed by atoms with Crippen LogP contribution in [0, 0.1) is 0 Å². The minimum absolute atomic E-state index is 0.235. The molecule has 0 atom stereocenters. The molecule has 1 aromatic heterocycles. The quantitative estimate of drug-likeness (QED) is 0.603. The van der Waals surface area contributed by atoms with Crippen molar-refractivity contribution in [1.29, 1.82) is 0 Å². The Balaban J connectivity index is 1.35. The summed E-state index contributed by atoms with van der Waals surface area (Å²) in [4.78, 5) is 4.36. The van der Waals surface area contributed by atoms with E-state index in [1.807, 2.05) is 42.5 Å². The minimum atomic E-state index is 0.235. The van der Waals surface area contributed by atoms with Crippen LogP contribution in [0.1, 0.15) is 5.89 Å². The molecular formula is C17H13BrN4O3S. The van der Waals surface area contributed by atoms with Crippen molar-refractivity contribution < 1.29 is 14.0 Å². The first kappa shape index (κ1) is 16.8. The van der Waals surface area contributed by atoms with E-state index < -0.39 is 0 Å². The summed E-state index contributed by atoms with van der Waals surface area (Å²) < 4.78 is 16.8. The van der Waals surface area contributed by atoms with Gasteiger partial charge < -0.3 is 24.6 Å². The fourth-order valence-electron chi connectivity index (χ4n) is 2.38. The molecule has 0 aliphatic carbocycles. The van der Waals surface area contributed by atoms with E-state index >= 15 is 0 Å². The maximum Gasteiger partial charge on any atom is 0.246 e. The Morgan fingerprint density at radius 2 is 2.04 bits per heavy atom. The van der Waals surface area contributed by atoms with E-state index in [9.17, 15) is 0 Å². The highest BCUT2D eigenvalue weighted by Gasteiger charge is 2.14. The number of halogens is 1. The zero-order valence-electron chi connectivity index (χ0n) is 13.4. The lowest BCUT2D eigenvalue weighted by Crippen LogP contribution is -2.27. The summed E-state index contributed by atoms with van der Waals surface area (Å²) in [6, 6.07) is 13.2. The van der Waals surface area contributed by atoms with Gasteiger partial charge in [-0.15, -0.1) is 0 Å². The maximum absolute atomic E-state index is 5.34. The first-order chi connectivity index (χ1) is 12.7. The topological polar surface area (TPSA) is 81.4 Å². The number of rotatable bonds is 4. The molecule has 0 saturated heterocycles. The van der Waals surface area contributed by atoms with Crippen LogP contribution in [-0.4, -0.2) is 22.0 Å². The first-order valence-electron chi connectivity index (χ1n) is 7.70. The highest BCUT2D eigenvalue weighted by atomic mass is 79.9. The number of hydrogen-bond donors (Lipinski definition) is 2. The highest BCUT2D eigenvalue weighted by molar-refractivity contribution is 9.10. The molecule has 3 aromatic rings. The van der Waals surface area contributed by atoms with Gasteiger partial charge in [0.1, 0.15) is 0 Å². The van der Waals surface area contributed by atoms with Gasteiger partial charge >= 0.3 is 0 Å². The minimum Gasteiger partial charge on any atom is -0.454 e. The van der Waals surface area contributed by atoms with Crippen LogP contribution in [-0.2, 0) is 6.54 Å². The molecule has 0 amide bonds. The van der Waals surface area contributed by atoms with Gasteiger partial charge in [-0.2, -0.15) is 4.98 Å². The SMILES string of the molecule is S=C(NCc1nc(-c2cccc(Br)c2)no1)Nc1ccc2c(c1)OCO2. The molecule has 1 aliphatic rings. The van der Waals surface area contributed by atoms with Gasteiger partial charge in [0.15, 0.2) is 16.6 Å². The van der Waals surface area contributed by atoms with Crippen molar-refractivity contribution in [1.82, 2.24) is 15.5 Å². The van der Waals surface area contributed by atoms with Gasteiger partial charge in [0.25, 0.3) is 0 Å². The van der Waals surface area contributed by atoms with Crippen molar-refractivity contribution in [2.24, 2.45) is 0 Å². The number of nitrogens with one attached hydrogen (secondary N) is 2. The van der Waals surface area contributed by atoms with Crippen LogP contribution in [0.3, 0.4) is 0 Å². The van der Waals surface area contributed by atoms with Crippen molar-refractivity contribution in [2.75, 3.05) is 12.1 Å². The van der Waals surface area contributed by atoms with Gasteiger partial charge in [0.05, 0.1) is 6.54 Å². The second-order valence-electron chi connectivity index (χ2n) is 5.40. The Morgan fingerprint density at radius 1 is 1.15 bits per heavy atom.